The Morgan fingerprint density at radius 1 is 1.52 bits per heavy atom. The van der Waals surface area contributed by atoms with Gasteiger partial charge in [-0.1, -0.05) is 18.5 Å². The van der Waals surface area contributed by atoms with Crippen LogP contribution >= 0.6 is 23.4 Å². The van der Waals surface area contributed by atoms with E-state index in [1.807, 2.05) is 6.92 Å². The highest BCUT2D eigenvalue weighted by Gasteiger charge is 2.47. The highest BCUT2D eigenvalue weighted by molar-refractivity contribution is 7.99. The molecule has 21 heavy (non-hydrogen) atoms. The normalized spacial score (nSPS) is 21.6. The van der Waals surface area contributed by atoms with Crippen LogP contribution in [0.4, 0.5) is 4.39 Å². The molecule has 1 N–H and O–H groups in total. The summed E-state index contributed by atoms with van der Waals surface area (Å²) >= 11 is 7.41. The van der Waals surface area contributed by atoms with E-state index in [1.165, 1.54) is 16.7 Å². The average Bonchev–Trinajstić information content (AvgIpc) is 2.84. The van der Waals surface area contributed by atoms with Crippen molar-refractivity contribution in [2.75, 3.05) is 18.8 Å². The number of amides is 1. The molecule has 0 bridgehead atoms. The predicted molar refractivity (Wildman–Crippen MR) is 79.8 cm³/mol. The Hall–Kier alpha value is -1.27. The molecule has 1 atom stereocenters. The van der Waals surface area contributed by atoms with E-state index in [0.717, 1.165) is 10.6 Å². The van der Waals surface area contributed by atoms with E-state index in [4.69, 9.17) is 16.7 Å². The number of hydrogen-bond acceptors (Lipinski definition) is 3. The van der Waals surface area contributed by atoms with Crippen molar-refractivity contribution in [1.29, 1.82) is 0 Å². The summed E-state index contributed by atoms with van der Waals surface area (Å²) in [5.74, 6) is -1.12. The minimum Gasteiger partial charge on any atom is -0.479 e. The van der Waals surface area contributed by atoms with Crippen molar-refractivity contribution < 1.29 is 19.1 Å². The topological polar surface area (TPSA) is 57.6 Å². The van der Waals surface area contributed by atoms with Gasteiger partial charge in [-0.3, -0.25) is 4.79 Å². The quantitative estimate of drug-likeness (QED) is 0.861. The number of thioether (sulfide) groups is 1. The zero-order valence-electron chi connectivity index (χ0n) is 11.4. The molecule has 7 heteroatoms. The van der Waals surface area contributed by atoms with Crippen LogP contribution < -0.4 is 0 Å². The first-order chi connectivity index (χ1) is 9.87. The largest absolute Gasteiger partial charge is 0.479 e. The van der Waals surface area contributed by atoms with Gasteiger partial charge in [0.15, 0.2) is 0 Å². The third-order valence-electron chi connectivity index (χ3n) is 3.36. The van der Waals surface area contributed by atoms with Gasteiger partial charge in [-0.2, -0.15) is 0 Å². The van der Waals surface area contributed by atoms with Gasteiger partial charge >= 0.3 is 5.97 Å². The molecule has 0 radical (unpaired) electrons. The van der Waals surface area contributed by atoms with Gasteiger partial charge in [0.1, 0.15) is 0 Å². The third-order valence-corrected chi connectivity index (χ3v) is 4.55. The zero-order chi connectivity index (χ0) is 15.6. The van der Waals surface area contributed by atoms with Gasteiger partial charge in [-0.25, -0.2) is 9.18 Å². The molecule has 0 spiro atoms. The van der Waals surface area contributed by atoms with Crippen LogP contribution in [0.2, 0.25) is 5.02 Å². The lowest BCUT2D eigenvalue weighted by molar-refractivity contribution is -0.149. The molecule has 2 rings (SSSR count). The van der Waals surface area contributed by atoms with Crippen molar-refractivity contribution in [3.63, 3.8) is 0 Å². The molecule has 1 aromatic carbocycles. The number of rotatable bonds is 4. The number of likely N-dealkylation sites (tertiary alicyclic amines) is 1. The van der Waals surface area contributed by atoms with Crippen LogP contribution in [-0.2, 0) is 4.79 Å². The van der Waals surface area contributed by atoms with Crippen molar-refractivity contribution in [1.82, 2.24) is 4.90 Å². The van der Waals surface area contributed by atoms with E-state index in [1.54, 1.807) is 18.2 Å². The maximum atomic E-state index is 14.1. The zero-order valence-corrected chi connectivity index (χ0v) is 13.0. The molecule has 1 fully saturated rings. The Kier molecular flexibility index (Phi) is 4.78. The molecule has 1 amide bonds. The van der Waals surface area contributed by atoms with E-state index in [2.05, 4.69) is 0 Å². The number of benzene rings is 1. The fourth-order valence-electron chi connectivity index (χ4n) is 2.24. The number of carboxylic acid groups (broad SMARTS) is 1. The molecule has 0 saturated carbocycles. The fourth-order valence-corrected chi connectivity index (χ4v) is 3.19. The number of nitrogens with zero attached hydrogens (tertiary/aromatic N) is 1. The lowest BCUT2D eigenvalue weighted by atomic mass is 10.1. The van der Waals surface area contributed by atoms with Crippen molar-refractivity contribution in [3.8, 4) is 0 Å². The fraction of sp³-hybridized carbons (Fsp3) is 0.429. The minimum absolute atomic E-state index is 0.0877. The first-order valence-corrected chi connectivity index (χ1v) is 7.87. The van der Waals surface area contributed by atoms with E-state index in [9.17, 15) is 14.0 Å². The average molecular weight is 332 g/mol. The van der Waals surface area contributed by atoms with Gasteiger partial charge < -0.3 is 10.0 Å². The molecule has 0 aromatic heterocycles. The van der Waals surface area contributed by atoms with Crippen LogP contribution in [0.25, 0.3) is 0 Å². The Balaban J connectivity index is 2.25. The maximum Gasteiger partial charge on any atom is 0.343 e. The lowest BCUT2D eigenvalue weighted by Crippen LogP contribution is -2.39. The maximum absolute atomic E-state index is 14.1. The summed E-state index contributed by atoms with van der Waals surface area (Å²) in [7, 11) is 0. The van der Waals surface area contributed by atoms with Crippen molar-refractivity contribution in [2.24, 2.45) is 0 Å². The van der Waals surface area contributed by atoms with Gasteiger partial charge in [0.2, 0.25) is 5.67 Å². The molecular formula is C14H15ClFNO3S. The van der Waals surface area contributed by atoms with Crippen LogP contribution in [0.5, 0.6) is 0 Å². The van der Waals surface area contributed by atoms with Gasteiger partial charge in [-0.05, 0) is 24.0 Å². The van der Waals surface area contributed by atoms with Crippen LogP contribution in [0.3, 0.4) is 0 Å². The standard InChI is InChI=1S/C14H15ClFNO3S/c1-2-21-11-4-3-9(15)7-10(11)12(18)17-6-5-14(16,8-17)13(19)20/h3-4,7H,2,5-6,8H2,1H3,(H,19,20). The highest BCUT2D eigenvalue weighted by atomic mass is 35.5. The summed E-state index contributed by atoms with van der Waals surface area (Å²) in [6, 6.07) is 4.98. The van der Waals surface area contributed by atoms with Gasteiger partial charge in [-0.15, -0.1) is 11.8 Å². The molecule has 1 unspecified atom stereocenters. The molecule has 1 saturated heterocycles. The molecule has 1 heterocycles. The summed E-state index contributed by atoms with van der Waals surface area (Å²) in [5.41, 5.74) is -1.96. The van der Waals surface area contributed by atoms with Crippen LogP contribution in [0.15, 0.2) is 23.1 Å². The Morgan fingerprint density at radius 3 is 2.81 bits per heavy atom. The lowest BCUT2D eigenvalue weighted by Gasteiger charge is -2.19. The van der Waals surface area contributed by atoms with Gasteiger partial charge in [0.05, 0.1) is 12.1 Å². The number of carbonyl (C=O) groups is 2. The molecule has 1 aromatic rings. The molecule has 0 aliphatic carbocycles. The van der Waals surface area contributed by atoms with Crippen molar-refractivity contribution in [2.45, 2.75) is 23.9 Å². The summed E-state index contributed by atoms with van der Waals surface area (Å²) in [5, 5.41) is 9.31. The first kappa shape index (κ1) is 16.1. The van der Waals surface area contributed by atoms with Gasteiger partial charge in [0, 0.05) is 22.9 Å². The van der Waals surface area contributed by atoms with E-state index >= 15 is 0 Å². The monoisotopic (exact) mass is 331 g/mol. The molecule has 114 valence electrons. The van der Waals surface area contributed by atoms with Crippen LogP contribution in [0.1, 0.15) is 23.7 Å². The second-order valence-electron chi connectivity index (χ2n) is 4.82. The third kappa shape index (κ3) is 3.32. The number of carbonyl (C=O) groups excluding carboxylic acids is 1. The summed E-state index contributed by atoms with van der Waals surface area (Å²) < 4.78 is 14.1. The van der Waals surface area contributed by atoms with Gasteiger partial charge in [0.25, 0.3) is 5.91 Å². The molecule has 1 aliphatic heterocycles. The summed E-state index contributed by atoms with van der Waals surface area (Å²) in [4.78, 5) is 25.4. The minimum atomic E-state index is -2.35. The van der Waals surface area contributed by atoms with E-state index < -0.39 is 18.2 Å². The SMILES string of the molecule is CCSc1ccc(Cl)cc1C(=O)N1CCC(F)(C(=O)O)C1. The highest BCUT2D eigenvalue weighted by Crippen LogP contribution is 2.31. The van der Waals surface area contributed by atoms with E-state index in [0.29, 0.717) is 10.6 Å². The Morgan fingerprint density at radius 2 is 2.24 bits per heavy atom. The number of carboxylic acids is 1. The second kappa shape index (κ2) is 6.23. The Labute approximate surface area is 131 Å². The molecule has 1 aliphatic rings. The number of aliphatic carboxylic acids is 1. The number of alkyl halides is 1. The second-order valence-corrected chi connectivity index (χ2v) is 6.56. The smallest absolute Gasteiger partial charge is 0.343 e. The molecule has 4 nitrogen and oxygen atoms in total. The van der Waals surface area contributed by atoms with Crippen LogP contribution in [-0.4, -0.2) is 46.4 Å². The Bertz CT molecular complexity index is 583. The number of hydrogen-bond donors (Lipinski definition) is 1. The van der Waals surface area contributed by atoms with Crippen molar-refractivity contribution in [3.05, 3.63) is 28.8 Å². The first-order valence-electron chi connectivity index (χ1n) is 6.51. The predicted octanol–water partition coefficient (Wildman–Crippen LogP) is 3.09. The molecular weight excluding hydrogens is 317 g/mol. The van der Waals surface area contributed by atoms with Crippen molar-refractivity contribution >= 4 is 35.2 Å². The summed E-state index contributed by atoms with van der Waals surface area (Å²) in [6.07, 6.45) is -0.190. The number of halogens is 2. The summed E-state index contributed by atoms with van der Waals surface area (Å²) in [6.45, 7) is 1.62. The van der Waals surface area contributed by atoms with E-state index in [-0.39, 0.29) is 18.9 Å². The van der Waals surface area contributed by atoms with Crippen LogP contribution in [0, 0.1) is 0 Å².